The quantitative estimate of drug-likeness (QED) is 0.182. The van der Waals surface area contributed by atoms with Crippen molar-refractivity contribution in [3.05, 3.63) is 121 Å². The number of rotatable bonds is 0. The van der Waals surface area contributed by atoms with E-state index in [0.717, 1.165) is 33.1 Å². The number of hydrogen-bond acceptors (Lipinski definition) is 2. The zero-order valence-electron chi connectivity index (χ0n) is 18.3. The number of aromatic nitrogens is 2. The van der Waals surface area contributed by atoms with E-state index >= 15 is 0 Å². The summed E-state index contributed by atoms with van der Waals surface area (Å²) in [5.74, 6) is 6.62. The van der Waals surface area contributed by atoms with Gasteiger partial charge in [0.2, 0.25) is 0 Å². The molecular weight excluding hydrogens is 412 g/mol. The third kappa shape index (κ3) is 2.92. The van der Waals surface area contributed by atoms with Crippen molar-refractivity contribution < 1.29 is 0 Å². The second-order valence-corrected chi connectivity index (χ2v) is 8.51. The molecule has 0 aliphatic rings. The van der Waals surface area contributed by atoms with Gasteiger partial charge in [-0.2, -0.15) is 0 Å². The van der Waals surface area contributed by atoms with Gasteiger partial charge in [0.05, 0.1) is 11.0 Å². The van der Waals surface area contributed by atoms with Crippen LogP contribution in [0.25, 0.3) is 54.1 Å². The Kier molecular flexibility index (Phi) is 4.09. The molecule has 0 saturated heterocycles. The lowest BCUT2D eigenvalue weighted by atomic mass is 9.93. The van der Waals surface area contributed by atoms with Crippen LogP contribution in [0.5, 0.6) is 0 Å². The maximum absolute atomic E-state index is 4.84. The molecule has 0 saturated carbocycles. The molecule has 0 N–H and O–H groups in total. The number of hydrogen-bond donors (Lipinski definition) is 0. The SMILES string of the molecule is C(#Cc1ccc2ccc3cccnc3c2n1)c1ccc2c3ccccc3c3ccccc3c2c1. The first-order valence-electron chi connectivity index (χ1n) is 11.3. The lowest BCUT2D eigenvalue weighted by Gasteiger charge is -2.10. The van der Waals surface area contributed by atoms with E-state index in [2.05, 4.69) is 108 Å². The third-order valence-electron chi connectivity index (χ3n) is 6.51. The molecule has 7 rings (SSSR count). The minimum Gasteiger partial charge on any atom is -0.254 e. The fraction of sp³-hybridized carbons (Fsp3) is 0. The number of fused-ring (bicyclic) bond motifs is 9. The molecule has 0 spiro atoms. The van der Waals surface area contributed by atoms with Crippen molar-refractivity contribution >= 4 is 54.1 Å². The van der Waals surface area contributed by atoms with Crippen molar-refractivity contribution in [3.8, 4) is 11.8 Å². The molecule has 0 unspecified atom stereocenters. The molecule has 0 amide bonds. The lowest BCUT2D eigenvalue weighted by molar-refractivity contribution is 1.34. The van der Waals surface area contributed by atoms with Gasteiger partial charge in [-0.05, 0) is 68.6 Å². The van der Waals surface area contributed by atoms with E-state index < -0.39 is 0 Å². The monoisotopic (exact) mass is 430 g/mol. The van der Waals surface area contributed by atoms with E-state index in [9.17, 15) is 0 Å². The summed E-state index contributed by atoms with van der Waals surface area (Å²) in [6.07, 6.45) is 1.81. The smallest absolute Gasteiger partial charge is 0.114 e. The standard InChI is InChI=1S/C32H18N2/c1-2-9-27-25(7-1)26-8-3-4-10-28(26)30-20-21(12-18-29(27)30)11-16-24-17-15-23-14-13-22-6-5-19-33-31(22)32(23)34-24/h1-10,12-15,17-20H. The summed E-state index contributed by atoms with van der Waals surface area (Å²) in [5, 5.41) is 9.70. The van der Waals surface area contributed by atoms with Crippen molar-refractivity contribution in [1.82, 2.24) is 9.97 Å². The van der Waals surface area contributed by atoms with E-state index in [1.165, 1.54) is 32.3 Å². The van der Waals surface area contributed by atoms with E-state index in [4.69, 9.17) is 4.98 Å². The average Bonchev–Trinajstić information content (AvgIpc) is 2.92. The highest BCUT2D eigenvalue weighted by atomic mass is 14.7. The fourth-order valence-electron chi connectivity index (χ4n) is 4.91. The van der Waals surface area contributed by atoms with Gasteiger partial charge in [-0.1, -0.05) is 78.7 Å². The van der Waals surface area contributed by atoms with Crippen LogP contribution in [-0.4, -0.2) is 9.97 Å². The van der Waals surface area contributed by atoms with Crippen molar-refractivity contribution in [2.24, 2.45) is 0 Å². The highest BCUT2D eigenvalue weighted by Gasteiger charge is 2.08. The highest BCUT2D eigenvalue weighted by Crippen LogP contribution is 2.35. The van der Waals surface area contributed by atoms with Crippen LogP contribution in [0.2, 0.25) is 0 Å². The predicted molar refractivity (Wildman–Crippen MR) is 142 cm³/mol. The summed E-state index contributed by atoms with van der Waals surface area (Å²) in [5.41, 5.74) is 3.52. The summed E-state index contributed by atoms with van der Waals surface area (Å²) in [6.45, 7) is 0. The minimum absolute atomic E-state index is 0.745. The molecule has 0 aliphatic carbocycles. The molecular formula is C32H18N2. The van der Waals surface area contributed by atoms with Gasteiger partial charge in [0.1, 0.15) is 5.69 Å². The molecule has 2 aromatic heterocycles. The van der Waals surface area contributed by atoms with E-state index in [1.54, 1.807) is 0 Å². The first-order valence-corrected chi connectivity index (χ1v) is 11.3. The Morgan fingerprint density at radius 1 is 0.471 bits per heavy atom. The van der Waals surface area contributed by atoms with Gasteiger partial charge in [-0.15, -0.1) is 0 Å². The average molecular weight is 431 g/mol. The Labute approximate surface area is 196 Å². The van der Waals surface area contributed by atoms with Gasteiger partial charge in [-0.3, -0.25) is 4.98 Å². The Morgan fingerprint density at radius 3 is 1.82 bits per heavy atom. The molecule has 2 nitrogen and oxygen atoms in total. The van der Waals surface area contributed by atoms with Gasteiger partial charge in [0, 0.05) is 22.5 Å². The number of benzene rings is 5. The van der Waals surface area contributed by atoms with E-state index in [0.29, 0.717) is 0 Å². The van der Waals surface area contributed by atoms with Crippen LogP contribution in [-0.2, 0) is 0 Å². The minimum atomic E-state index is 0.745. The molecule has 2 heterocycles. The first-order chi connectivity index (χ1) is 16.8. The normalized spacial score (nSPS) is 11.3. The van der Waals surface area contributed by atoms with Gasteiger partial charge in [0.25, 0.3) is 0 Å². The summed E-state index contributed by atoms with van der Waals surface area (Å²) >= 11 is 0. The van der Waals surface area contributed by atoms with Gasteiger partial charge < -0.3 is 0 Å². The van der Waals surface area contributed by atoms with Crippen LogP contribution in [0.15, 0.2) is 109 Å². The molecule has 0 radical (unpaired) electrons. The highest BCUT2D eigenvalue weighted by molar-refractivity contribution is 6.25. The molecule has 7 aromatic rings. The summed E-state index contributed by atoms with van der Waals surface area (Å²) < 4.78 is 0. The molecule has 0 bridgehead atoms. The summed E-state index contributed by atoms with van der Waals surface area (Å²) in [7, 11) is 0. The van der Waals surface area contributed by atoms with Crippen molar-refractivity contribution in [3.63, 3.8) is 0 Å². The van der Waals surface area contributed by atoms with Crippen molar-refractivity contribution in [1.29, 1.82) is 0 Å². The zero-order valence-corrected chi connectivity index (χ0v) is 18.3. The Bertz CT molecular complexity index is 1940. The van der Waals surface area contributed by atoms with Crippen LogP contribution in [0.1, 0.15) is 11.3 Å². The lowest BCUT2D eigenvalue weighted by Crippen LogP contribution is -1.88. The third-order valence-corrected chi connectivity index (χ3v) is 6.51. The molecule has 5 aromatic carbocycles. The molecule has 2 heteroatoms. The van der Waals surface area contributed by atoms with E-state index in [1.807, 2.05) is 18.3 Å². The summed E-state index contributed by atoms with van der Waals surface area (Å²) in [6, 6.07) is 36.0. The van der Waals surface area contributed by atoms with Gasteiger partial charge >= 0.3 is 0 Å². The van der Waals surface area contributed by atoms with Gasteiger partial charge in [-0.25, -0.2) is 4.98 Å². The second-order valence-electron chi connectivity index (χ2n) is 8.51. The number of pyridine rings is 2. The van der Waals surface area contributed by atoms with Crippen molar-refractivity contribution in [2.45, 2.75) is 0 Å². The second kappa shape index (κ2) is 7.40. The molecule has 0 aliphatic heterocycles. The molecule has 34 heavy (non-hydrogen) atoms. The Morgan fingerprint density at radius 2 is 1.09 bits per heavy atom. The Balaban J connectivity index is 1.40. The Hall–Kier alpha value is -4.74. The zero-order chi connectivity index (χ0) is 22.5. The maximum Gasteiger partial charge on any atom is 0.114 e. The summed E-state index contributed by atoms with van der Waals surface area (Å²) in [4.78, 5) is 9.38. The largest absolute Gasteiger partial charge is 0.254 e. The van der Waals surface area contributed by atoms with Crippen LogP contribution in [0, 0.1) is 11.8 Å². The van der Waals surface area contributed by atoms with Crippen LogP contribution >= 0.6 is 0 Å². The van der Waals surface area contributed by atoms with Gasteiger partial charge in [0.15, 0.2) is 0 Å². The maximum atomic E-state index is 4.84. The fourth-order valence-corrected chi connectivity index (χ4v) is 4.91. The van der Waals surface area contributed by atoms with Crippen LogP contribution in [0.4, 0.5) is 0 Å². The topological polar surface area (TPSA) is 25.8 Å². The van der Waals surface area contributed by atoms with E-state index in [-0.39, 0.29) is 0 Å². The number of nitrogens with zero attached hydrogens (tertiary/aromatic N) is 2. The predicted octanol–water partition coefficient (Wildman–Crippen LogP) is 7.64. The first kappa shape index (κ1) is 18.8. The van der Waals surface area contributed by atoms with Crippen LogP contribution in [0.3, 0.4) is 0 Å². The molecule has 0 atom stereocenters. The molecule has 0 fully saturated rings. The molecule has 156 valence electrons. The van der Waals surface area contributed by atoms with Crippen molar-refractivity contribution in [2.75, 3.05) is 0 Å². The van der Waals surface area contributed by atoms with Crippen LogP contribution < -0.4 is 0 Å².